The minimum atomic E-state index is -0.594. The summed E-state index contributed by atoms with van der Waals surface area (Å²) < 4.78 is 16.0. The van der Waals surface area contributed by atoms with Gasteiger partial charge in [-0.3, -0.25) is 14.2 Å². The van der Waals surface area contributed by atoms with E-state index in [9.17, 15) is 14.0 Å². The van der Waals surface area contributed by atoms with Gasteiger partial charge in [0.2, 0.25) is 11.9 Å². The number of anilines is 2. The molecule has 0 aliphatic carbocycles. The van der Waals surface area contributed by atoms with Gasteiger partial charge in [-0.05, 0) is 56.5 Å². The summed E-state index contributed by atoms with van der Waals surface area (Å²) in [6.45, 7) is 3.85. The normalized spacial score (nSPS) is 13.4. The SMILES string of the molecule is Cc1nc(N)nc(NCCCc2nc3cccc(F)c3c(=O)n2-c2ccccc2)c1/C=C/C(=O)N1CCCC1. The zero-order valence-electron chi connectivity index (χ0n) is 21.7. The molecular formula is C29H30FN7O2. The van der Waals surface area contributed by atoms with Crippen LogP contribution in [0.1, 0.15) is 36.3 Å². The monoisotopic (exact) mass is 527 g/mol. The van der Waals surface area contributed by atoms with Crippen LogP contribution in [0.2, 0.25) is 0 Å². The van der Waals surface area contributed by atoms with Crippen molar-refractivity contribution in [3.05, 3.63) is 87.9 Å². The Hall–Kier alpha value is -4.60. The van der Waals surface area contributed by atoms with Gasteiger partial charge in [-0.25, -0.2) is 14.4 Å². The summed E-state index contributed by atoms with van der Waals surface area (Å²) >= 11 is 0. The van der Waals surface area contributed by atoms with Crippen molar-refractivity contribution in [1.29, 1.82) is 0 Å². The van der Waals surface area contributed by atoms with Crippen LogP contribution in [0, 0.1) is 12.7 Å². The average molecular weight is 528 g/mol. The summed E-state index contributed by atoms with van der Waals surface area (Å²) in [6.07, 6.45) is 6.37. The number of likely N-dealkylation sites (tertiary alicyclic amines) is 1. The van der Waals surface area contributed by atoms with E-state index in [2.05, 4.69) is 20.3 Å². The molecule has 200 valence electrons. The highest BCUT2D eigenvalue weighted by atomic mass is 19.1. The fraction of sp³-hybridized carbons (Fsp3) is 0.276. The third-order valence-electron chi connectivity index (χ3n) is 6.76. The third-order valence-corrected chi connectivity index (χ3v) is 6.76. The predicted molar refractivity (Wildman–Crippen MR) is 150 cm³/mol. The molecule has 10 heteroatoms. The number of para-hydroxylation sites is 1. The molecule has 0 bridgehead atoms. The Labute approximate surface area is 225 Å². The van der Waals surface area contributed by atoms with Crippen LogP contribution in [0.4, 0.5) is 16.2 Å². The zero-order valence-corrected chi connectivity index (χ0v) is 21.7. The van der Waals surface area contributed by atoms with Crippen molar-refractivity contribution < 1.29 is 9.18 Å². The summed E-state index contributed by atoms with van der Waals surface area (Å²) in [4.78, 5) is 40.9. The molecule has 0 radical (unpaired) electrons. The van der Waals surface area contributed by atoms with E-state index in [1.54, 1.807) is 36.4 Å². The molecule has 1 amide bonds. The Morgan fingerprint density at radius 3 is 2.62 bits per heavy atom. The molecule has 2 aromatic heterocycles. The highest BCUT2D eigenvalue weighted by molar-refractivity contribution is 5.93. The number of hydrogen-bond acceptors (Lipinski definition) is 7. The molecule has 2 aromatic carbocycles. The van der Waals surface area contributed by atoms with E-state index >= 15 is 0 Å². The number of benzene rings is 2. The van der Waals surface area contributed by atoms with Gasteiger partial charge in [-0.1, -0.05) is 24.3 Å². The fourth-order valence-corrected chi connectivity index (χ4v) is 4.84. The van der Waals surface area contributed by atoms with Crippen molar-refractivity contribution in [3.63, 3.8) is 0 Å². The van der Waals surface area contributed by atoms with E-state index in [1.807, 2.05) is 30.0 Å². The Kier molecular flexibility index (Phi) is 7.62. The Balaban J connectivity index is 1.36. The van der Waals surface area contributed by atoms with Crippen molar-refractivity contribution in [2.75, 3.05) is 30.7 Å². The van der Waals surface area contributed by atoms with E-state index in [0.29, 0.717) is 53.5 Å². The molecule has 3 N–H and O–H groups in total. The second-order valence-electron chi connectivity index (χ2n) is 9.46. The highest BCUT2D eigenvalue weighted by Gasteiger charge is 2.17. The molecule has 3 heterocycles. The van der Waals surface area contributed by atoms with E-state index in [0.717, 1.165) is 25.9 Å². The lowest BCUT2D eigenvalue weighted by atomic mass is 10.2. The maximum atomic E-state index is 14.6. The number of nitrogens with zero attached hydrogens (tertiary/aromatic N) is 5. The Bertz CT molecular complexity index is 1600. The van der Waals surface area contributed by atoms with Crippen LogP contribution in [0.5, 0.6) is 0 Å². The molecule has 0 spiro atoms. The van der Waals surface area contributed by atoms with Gasteiger partial charge in [-0.15, -0.1) is 0 Å². The first-order chi connectivity index (χ1) is 18.9. The summed E-state index contributed by atoms with van der Waals surface area (Å²) in [5, 5.41) is 3.26. The molecule has 0 atom stereocenters. The van der Waals surface area contributed by atoms with Gasteiger partial charge in [0.05, 0.1) is 16.9 Å². The van der Waals surface area contributed by atoms with Gasteiger partial charge in [0.15, 0.2) is 0 Å². The van der Waals surface area contributed by atoms with Gasteiger partial charge in [0, 0.05) is 37.7 Å². The van der Waals surface area contributed by atoms with Crippen molar-refractivity contribution in [1.82, 2.24) is 24.4 Å². The first-order valence-corrected chi connectivity index (χ1v) is 13.0. The topological polar surface area (TPSA) is 119 Å². The predicted octanol–water partition coefficient (Wildman–Crippen LogP) is 3.89. The minimum Gasteiger partial charge on any atom is -0.369 e. The number of nitrogen functional groups attached to an aromatic ring is 1. The number of aryl methyl sites for hydroxylation is 2. The minimum absolute atomic E-state index is 0.0323. The molecule has 0 saturated carbocycles. The molecular weight excluding hydrogens is 497 g/mol. The standard InChI is InChI=1S/C29H30FN7O2/c1-19-21(14-15-25(38)36-17-5-6-18-36)27(35-29(31)33-19)32-16-8-13-24-34-23-12-7-11-22(30)26(23)28(39)37(24)20-9-3-2-4-10-20/h2-4,7,9-12,14-15H,5-6,8,13,16-18H2,1H3,(H3,31,32,33,35)/b15-14+. The molecule has 1 saturated heterocycles. The number of amides is 1. The van der Waals surface area contributed by atoms with Crippen LogP contribution in [0.3, 0.4) is 0 Å². The van der Waals surface area contributed by atoms with Crippen molar-refractivity contribution in [3.8, 4) is 5.69 Å². The van der Waals surface area contributed by atoms with Gasteiger partial charge < -0.3 is 16.0 Å². The van der Waals surface area contributed by atoms with Crippen molar-refractivity contribution in [2.45, 2.75) is 32.6 Å². The van der Waals surface area contributed by atoms with Gasteiger partial charge in [0.25, 0.3) is 5.56 Å². The number of carbonyl (C=O) groups is 1. The molecule has 0 unspecified atom stereocenters. The fourth-order valence-electron chi connectivity index (χ4n) is 4.84. The van der Waals surface area contributed by atoms with Gasteiger partial charge in [-0.2, -0.15) is 4.98 Å². The van der Waals surface area contributed by atoms with E-state index in [-0.39, 0.29) is 17.2 Å². The van der Waals surface area contributed by atoms with Crippen molar-refractivity contribution >= 4 is 34.7 Å². The molecule has 4 aromatic rings. The second kappa shape index (κ2) is 11.4. The number of rotatable bonds is 8. The smallest absolute Gasteiger partial charge is 0.268 e. The molecule has 9 nitrogen and oxygen atoms in total. The van der Waals surface area contributed by atoms with Gasteiger partial charge in [0.1, 0.15) is 22.8 Å². The van der Waals surface area contributed by atoms with Gasteiger partial charge >= 0.3 is 0 Å². The summed E-state index contributed by atoms with van der Waals surface area (Å²) in [6, 6.07) is 13.6. The third kappa shape index (κ3) is 5.64. The Morgan fingerprint density at radius 2 is 1.85 bits per heavy atom. The lowest BCUT2D eigenvalue weighted by Crippen LogP contribution is -2.25. The Morgan fingerprint density at radius 1 is 1.08 bits per heavy atom. The lowest BCUT2D eigenvalue weighted by Gasteiger charge is -2.15. The van der Waals surface area contributed by atoms with Crippen molar-refractivity contribution in [2.24, 2.45) is 0 Å². The maximum Gasteiger partial charge on any atom is 0.268 e. The summed E-state index contributed by atoms with van der Waals surface area (Å²) in [5.41, 5.74) is 7.76. The maximum absolute atomic E-state index is 14.6. The number of fused-ring (bicyclic) bond motifs is 1. The van der Waals surface area contributed by atoms with Crippen LogP contribution in [0.25, 0.3) is 22.7 Å². The zero-order chi connectivity index (χ0) is 27.4. The van der Waals surface area contributed by atoms with E-state index in [1.165, 1.54) is 10.6 Å². The highest BCUT2D eigenvalue weighted by Crippen LogP contribution is 2.21. The number of nitrogens with one attached hydrogen (secondary N) is 1. The van der Waals surface area contributed by atoms with E-state index < -0.39 is 11.4 Å². The molecule has 5 rings (SSSR count). The molecule has 1 fully saturated rings. The molecule has 1 aliphatic rings. The number of hydrogen-bond donors (Lipinski definition) is 2. The van der Waals surface area contributed by atoms with E-state index in [4.69, 9.17) is 5.73 Å². The number of aromatic nitrogens is 4. The van der Waals surface area contributed by atoms with Crippen LogP contribution < -0.4 is 16.6 Å². The lowest BCUT2D eigenvalue weighted by molar-refractivity contribution is -0.124. The van der Waals surface area contributed by atoms with Crippen LogP contribution >= 0.6 is 0 Å². The van der Waals surface area contributed by atoms with Crippen LogP contribution in [0.15, 0.2) is 59.4 Å². The second-order valence-corrected chi connectivity index (χ2v) is 9.46. The summed E-state index contributed by atoms with van der Waals surface area (Å²) in [5.74, 6) is 0.560. The molecule has 1 aliphatic heterocycles. The first-order valence-electron chi connectivity index (χ1n) is 13.0. The average Bonchev–Trinajstić information content (AvgIpc) is 3.46. The van der Waals surface area contributed by atoms with Crippen LogP contribution in [-0.4, -0.2) is 50.0 Å². The number of carbonyl (C=O) groups excluding carboxylic acids is 1. The quantitative estimate of drug-likeness (QED) is 0.264. The number of halogens is 1. The summed E-state index contributed by atoms with van der Waals surface area (Å²) in [7, 11) is 0. The first kappa shape index (κ1) is 26.0. The number of nitrogens with two attached hydrogens (primary N) is 1. The van der Waals surface area contributed by atoms with Crippen LogP contribution in [-0.2, 0) is 11.2 Å². The largest absolute Gasteiger partial charge is 0.369 e. The molecule has 39 heavy (non-hydrogen) atoms.